The number of piperazine rings is 1. The van der Waals surface area contributed by atoms with Gasteiger partial charge in [0.05, 0.1) is 12.1 Å². The minimum Gasteiger partial charge on any atom is -0.491 e. The molecule has 0 aliphatic carbocycles. The summed E-state index contributed by atoms with van der Waals surface area (Å²) in [4.78, 5) is 29.1. The number of aliphatic carboxylic acids is 1. The minimum absolute atomic E-state index is 0.0782. The average Bonchev–Trinajstić information content (AvgIpc) is 3.17. The molecule has 10 nitrogen and oxygen atoms in total. The molecule has 1 fully saturated rings. The van der Waals surface area contributed by atoms with E-state index in [2.05, 4.69) is 16.7 Å². The molecule has 2 unspecified atom stereocenters. The molecule has 5 rings (SSSR count). The lowest BCUT2D eigenvalue weighted by Crippen LogP contribution is -2.60. The zero-order chi connectivity index (χ0) is 31.2. The predicted octanol–water partition coefficient (Wildman–Crippen LogP) is 3.71. The van der Waals surface area contributed by atoms with Crippen molar-refractivity contribution in [1.29, 1.82) is 0 Å². The number of carbonyl (C=O) groups excluding carboxylic acids is 1. The number of nitrogens with zero attached hydrogens (tertiary/aromatic N) is 4. The second kappa shape index (κ2) is 14.1. The molecule has 0 aromatic heterocycles. The summed E-state index contributed by atoms with van der Waals surface area (Å²) >= 11 is -2.45. The van der Waals surface area contributed by atoms with Crippen LogP contribution in [0.5, 0.6) is 5.75 Å². The van der Waals surface area contributed by atoms with Crippen LogP contribution < -0.4 is 9.64 Å². The molecule has 0 spiro atoms. The largest absolute Gasteiger partial charge is 0.491 e. The van der Waals surface area contributed by atoms with E-state index in [1.54, 1.807) is 35.9 Å². The summed E-state index contributed by atoms with van der Waals surface area (Å²) in [5.41, 5.74) is 4.09. The van der Waals surface area contributed by atoms with Crippen molar-refractivity contribution in [3.05, 3.63) is 95.1 Å². The highest BCUT2D eigenvalue weighted by molar-refractivity contribution is 7.76. The maximum absolute atomic E-state index is 13.4. The molecule has 0 radical (unpaired) electrons. The Hall–Kier alpha value is -4.21. The van der Waals surface area contributed by atoms with Gasteiger partial charge in [0.1, 0.15) is 18.4 Å². The molecule has 1 saturated heterocycles. The summed E-state index contributed by atoms with van der Waals surface area (Å²) < 4.78 is 28.9. The summed E-state index contributed by atoms with van der Waals surface area (Å²) in [6.07, 6.45) is 0. The van der Waals surface area contributed by atoms with Gasteiger partial charge in [-0.15, -0.1) is 4.41 Å². The van der Waals surface area contributed by atoms with Crippen LogP contribution in [0.3, 0.4) is 0 Å². The molecule has 1 amide bonds. The number of carboxylic acid groups (broad SMARTS) is 1. The summed E-state index contributed by atoms with van der Waals surface area (Å²) in [7, 11) is 0. The fourth-order valence-electron chi connectivity index (χ4n) is 5.45. The van der Waals surface area contributed by atoms with Crippen LogP contribution in [0.4, 0.5) is 5.69 Å². The predicted molar refractivity (Wildman–Crippen MR) is 168 cm³/mol. The van der Waals surface area contributed by atoms with Gasteiger partial charge in [-0.1, -0.05) is 56.0 Å². The summed E-state index contributed by atoms with van der Waals surface area (Å²) in [6, 6.07) is 22.1. The molecule has 2 N–H and O–H groups in total. The lowest BCUT2D eigenvalue weighted by atomic mass is 10.1. The standard InChI is InChI=1S/C33H36N4O6S/c1-24(2)31(33(39)40)37(44(41)42)36-18-16-34(17-19-36)28-13-10-25(11-14-28)8-9-26-12-15-30-29(22-26)32(38)35(20-21-43-30)23-27-6-4-3-5-7-27/h3-7,10-15,22,24,31H,16-21,23H2,1-2H3,(H,39,40)(H,41,42). The molecule has 2 heterocycles. The van der Waals surface area contributed by atoms with E-state index in [0.717, 1.165) is 21.2 Å². The van der Waals surface area contributed by atoms with Gasteiger partial charge in [0.25, 0.3) is 5.91 Å². The first-order chi connectivity index (χ1) is 21.2. The van der Waals surface area contributed by atoms with Crippen molar-refractivity contribution in [2.45, 2.75) is 26.4 Å². The normalized spacial score (nSPS) is 16.9. The van der Waals surface area contributed by atoms with E-state index in [9.17, 15) is 23.5 Å². The third-order valence-electron chi connectivity index (χ3n) is 7.73. The Balaban J connectivity index is 1.23. The molecule has 3 aromatic carbocycles. The van der Waals surface area contributed by atoms with Crippen molar-refractivity contribution in [3.8, 4) is 17.6 Å². The van der Waals surface area contributed by atoms with E-state index < -0.39 is 23.3 Å². The summed E-state index contributed by atoms with van der Waals surface area (Å²) in [5, 5.41) is 11.3. The van der Waals surface area contributed by atoms with Gasteiger partial charge in [-0.25, -0.2) is 9.22 Å². The topological polar surface area (TPSA) is 114 Å². The van der Waals surface area contributed by atoms with E-state index >= 15 is 0 Å². The Labute approximate surface area is 260 Å². The highest BCUT2D eigenvalue weighted by atomic mass is 32.2. The van der Waals surface area contributed by atoms with Crippen molar-refractivity contribution in [2.75, 3.05) is 44.2 Å². The first-order valence-corrected chi connectivity index (χ1v) is 15.6. The SMILES string of the molecule is CC(C)C(C(=O)O)N(N1CCN(c2ccc(C#Cc3ccc4c(c3)C(=O)N(Cc3ccccc3)CCO4)cc2)CC1)S(=O)O. The fraction of sp³-hybridized carbons (Fsp3) is 0.333. The van der Waals surface area contributed by atoms with Crippen LogP contribution in [-0.4, -0.2) is 85.4 Å². The molecule has 0 saturated carbocycles. The van der Waals surface area contributed by atoms with Gasteiger partial charge in [0, 0.05) is 49.5 Å². The van der Waals surface area contributed by atoms with Crippen LogP contribution in [0.25, 0.3) is 0 Å². The Morgan fingerprint density at radius 3 is 2.25 bits per heavy atom. The van der Waals surface area contributed by atoms with Crippen LogP contribution in [-0.2, 0) is 22.6 Å². The van der Waals surface area contributed by atoms with Crippen molar-refractivity contribution in [2.24, 2.45) is 5.92 Å². The summed E-state index contributed by atoms with van der Waals surface area (Å²) in [6.45, 7) is 6.84. The number of hydrogen-bond donors (Lipinski definition) is 2. The van der Waals surface area contributed by atoms with E-state index in [1.165, 1.54) is 0 Å². The zero-order valence-corrected chi connectivity index (χ0v) is 25.6. The number of carboxylic acids is 1. The van der Waals surface area contributed by atoms with Crippen LogP contribution in [0.2, 0.25) is 0 Å². The Bertz CT molecular complexity index is 1560. The molecule has 3 aromatic rings. The smallest absolute Gasteiger partial charge is 0.323 e. The number of hydrogen-bond acceptors (Lipinski definition) is 6. The molecular formula is C33H36N4O6S. The van der Waals surface area contributed by atoms with E-state index in [-0.39, 0.29) is 11.8 Å². The molecule has 11 heteroatoms. The number of benzene rings is 3. The molecule has 2 aliphatic heterocycles. The van der Waals surface area contributed by atoms with Crippen molar-refractivity contribution in [1.82, 2.24) is 14.3 Å². The minimum atomic E-state index is -2.45. The second-order valence-electron chi connectivity index (χ2n) is 11.1. The van der Waals surface area contributed by atoms with Gasteiger partial charge in [-0.2, -0.15) is 0 Å². The first kappa shape index (κ1) is 31.2. The average molecular weight is 617 g/mol. The van der Waals surface area contributed by atoms with E-state index in [1.807, 2.05) is 60.7 Å². The van der Waals surface area contributed by atoms with E-state index in [4.69, 9.17) is 4.74 Å². The third-order valence-corrected chi connectivity index (χ3v) is 8.51. The van der Waals surface area contributed by atoms with E-state index in [0.29, 0.717) is 62.8 Å². The zero-order valence-electron chi connectivity index (χ0n) is 24.8. The molecular weight excluding hydrogens is 580 g/mol. The Morgan fingerprint density at radius 1 is 0.955 bits per heavy atom. The van der Waals surface area contributed by atoms with Crippen LogP contribution in [0.15, 0.2) is 72.8 Å². The van der Waals surface area contributed by atoms with Crippen LogP contribution >= 0.6 is 0 Å². The van der Waals surface area contributed by atoms with Crippen molar-refractivity contribution < 1.29 is 28.2 Å². The van der Waals surface area contributed by atoms with Gasteiger partial charge < -0.3 is 19.6 Å². The summed E-state index contributed by atoms with van der Waals surface area (Å²) in [5.74, 6) is 5.37. The van der Waals surface area contributed by atoms with Crippen molar-refractivity contribution in [3.63, 3.8) is 0 Å². The molecule has 2 atom stereocenters. The monoisotopic (exact) mass is 616 g/mol. The highest BCUT2D eigenvalue weighted by Crippen LogP contribution is 2.26. The number of hydrazine groups is 1. The molecule has 0 bridgehead atoms. The maximum Gasteiger partial charge on any atom is 0.323 e. The highest BCUT2D eigenvalue weighted by Gasteiger charge is 2.38. The van der Waals surface area contributed by atoms with Gasteiger partial charge in [-0.3, -0.25) is 14.1 Å². The number of carbonyl (C=O) groups is 2. The number of anilines is 1. The lowest BCUT2D eigenvalue weighted by Gasteiger charge is -2.42. The Morgan fingerprint density at radius 2 is 1.61 bits per heavy atom. The number of ether oxygens (including phenoxy) is 1. The molecule has 230 valence electrons. The fourth-order valence-corrected chi connectivity index (χ4v) is 6.34. The number of fused-ring (bicyclic) bond motifs is 1. The number of amides is 1. The van der Waals surface area contributed by atoms with Gasteiger partial charge in [-0.05, 0) is 53.9 Å². The van der Waals surface area contributed by atoms with Gasteiger partial charge >= 0.3 is 5.97 Å². The molecule has 2 aliphatic rings. The van der Waals surface area contributed by atoms with Gasteiger partial charge in [0.2, 0.25) is 11.3 Å². The first-order valence-electron chi connectivity index (χ1n) is 14.6. The quantitative estimate of drug-likeness (QED) is 0.291. The third kappa shape index (κ3) is 7.29. The van der Waals surface area contributed by atoms with Crippen molar-refractivity contribution >= 4 is 28.8 Å². The number of rotatable bonds is 8. The molecule has 44 heavy (non-hydrogen) atoms. The Kier molecular flexibility index (Phi) is 9.97. The lowest BCUT2D eigenvalue weighted by molar-refractivity contribution is -0.148. The second-order valence-corrected chi connectivity index (χ2v) is 11.9. The van der Waals surface area contributed by atoms with Crippen LogP contribution in [0, 0.1) is 17.8 Å². The maximum atomic E-state index is 13.4. The van der Waals surface area contributed by atoms with Crippen LogP contribution in [0.1, 0.15) is 40.9 Å². The van der Waals surface area contributed by atoms with Gasteiger partial charge in [0.15, 0.2) is 0 Å².